The van der Waals surface area contributed by atoms with Crippen molar-refractivity contribution >= 4 is 39.6 Å². The van der Waals surface area contributed by atoms with Crippen molar-refractivity contribution in [1.29, 1.82) is 0 Å². The summed E-state index contributed by atoms with van der Waals surface area (Å²) < 4.78 is 0. The summed E-state index contributed by atoms with van der Waals surface area (Å²) in [4.78, 5) is 5.52. The van der Waals surface area contributed by atoms with E-state index in [0.29, 0.717) is 5.41 Å². The summed E-state index contributed by atoms with van der Waals surface area (Å²) in [6.45, 7) is 9.73. The first kappa shape index (κ1) is 35.7. The Bertz CT molecular complexity index is 2910. The van der Waals surface area contributed by atoms with Gasteiger partial charge in [-0.05, 0) is 182 Å². The number of benzene rings is 7. The van der Waals surface area contributed by atoms with Crippen LogP contribution in [0.15, 0.2) is 161 Å². The Balaban J connectivity index is 0.971. The quantitative estimate of drug-likeness (QED) is 0.171. The first-order chi connectivity index (χ1) is 29.1. The Morgan fingerprint density at radius 3 is 2.05 bits per heavy atom. The van der Waals surface area contributed by atoms with Gasteiger partial charge >= 0.3 is 0 Å². The number of hydrogen-bond donors (Lipinski definition) is 0. The van der Waals surface area contributed by atoms with Crippen LogP contribution in [0.5, 0.6) is 0 Å². The first-order valence-electron chi connectivity index (χ1n) is 22.7. The van der Waals surface area contributed by atoms with Gasteiger partial charge < -0.3 is 4.90 Å². The molecule has 13 rings (SSSR count). The molecule has 0 N–H and O–H groups in total. The van der Waals surface area contributed by atoms with E-state index in [-0.39, 0.29) is 16.2 Å². The van der Waals surface area contributed by atoms with E-state index >= 15 is 0 Å². The molecule has 0 saturated heterocycles. The van der Waals surface area contributed by atoms with Crippen molar-refractivity contribution in [2.75, 3.05) is 4.90 Å². The fourth-order valence-electron chi connectivity index (χ4n) is 14.5. The third kappa shape index (κ3) is 4.67. The SMILES string of the molecule is CC1(C)CCC(C)(C)c2cc(-c3cccc(N(c4ccc(-c5cccc6ccccc56)cc4)c4ccc5c(c4)C4(c6ccccc6S5)C5CC6CC7CC4C75C6)c3)ccc21. The molecule has 2 heteroatoms. The molecule has 0 radical (unpaired) electrons. The smallest absolute Gasteiger partial charge is 0.0467 e. The van der Waals surface area contributed by atoms with Gasteiger partial charge in [-0.3, -0.25) is 0 Å². The van der Waals surface area contributed by atoms with Gasteiger partial charge in [-0.2, -0.15) is 0 Å². The minimum Gasteiger partial charge on any atom is -0.310 e. The molecule has 6 unspecified atom stereocenters. The van der Waals surface area contributed by atoms with Gasteiger partial charge in [-0.15, -0.1) is 0 Å². The molecule has 5 aliphatic carbocycles. The molecule has 6 aliphatic rings. The Kier molecular flexibility index (Phi) is 7.31. The average Bonchev–Trinajstić information content (AvgIpc) is 3.81. The average molecular weight is 796 g/mol. The summed E-state index contributed by atoms with van der Waals surface area (Å²) in [5, 5.41) is 2.57. The topological polar surface area (TPSA) is 3.24 Å². The lowest BCUT2D eigenvalue weighted by atomic mass is 9.26. The summed E-state index contributed by atoms with van der Waals surface area (Å²) in [6, 6.07) is 58.6. The highest BCUT2D eigenvalue weighted by atomic mass is 32.2. The van der Waals surface area contributed by atoms with Crippen LogP contribution in [-0.2, 0) is 16.2 Å². The molecule has 2 spiro atoms. The molecule has 7 aromatic carbocycles. The number of fused-ring (bicyclic) bond motifs is 9. The Morgan fingerprint density at radius 1 is 0.500 bits per heavy atom. The molecule has 1 heterocycles. The fourth-order valence-corrected chi connectivity index (χ4v) is 15.7. The van der Waals surface area contributed by atoms with Crippen molar-refractivity contribution in [3.05, 3.63) is 174 Å². The molecule has 0 aromatic heterocycles. The summed E-state index contributed by atoms with van der Waals surface area (Å²) >= 11 is 2.01. The third-order valence-corrected chi connectivity index (χ3v) is 18.4. The molecule has 0 amide bonds. The Morgan fingerprint density at radius 2 is 1.18 bits per heavy atom. The number of nitrogens with zero attached hydrogens (tertiary/aromatic N) is 1. The van der Waals surface area contributed by atoms with E-state index in [9.17, 15) is 0 Å². The molecular formula is C58H53NS. The molecular weight excluding hydrogens is 743 g/mol. The Labute approximate surface area is 360 Å². The van der Waals surface area contributed by atoms with Gasteiger partial charge in [0.05, 0.1) is 0 Å². The standard InChI is InChI=1S/C58H53NS/c1-55(2)27-28-56(3,4)49-32-40(21-25-47(49)55)39-13-9-14-43(31-39)59(42-22-19-38(20-23-42)46-16-10-12-37-11-5-6-15-45(37)46)44-24-26-52-50(34-44)58(48-17-7-8-18-51(48)60-52)53-30-36-29-41-33-54(58)57(41,53)35-36/h5-26,31-32,34,36,41,53-54H,27-30,33,35H2,1-4H3. The largest absolute Gasteiger partial charge is 0.310 e. The van der Waals surface area contributed by atoms with Crippen LogP contribution in [0.4, 0.5) is 17.1 Å². The zero-order valence-corrected chi connectivity index (χ0v) is 36.2. The van der Waals surface area contributed by atoms with Gasteiger partial charge in [0.15, 0.2) is 0 Å². The van der Waals surface area contributed by atoms with Gasteiger partial charge in [-0.1, -0.05) is 143 Å². The van der Waals surface area contributed by atoms with Crippen LogP contribution in [-0.4, -0.2) is 0 Å². The van der Waals surface area contributed by atoms with Crippen molar-refractivity contribution in [3.63, 3.8) is 0 Å². The van der Waals surface area contributed by atoms with Crippen LogP contribution < -0.4 is 4.90 Å². The molecule has 2 bridgehead atoms. The molecule has 296 valence electrons. The maximum absolute atomic E-state index is 2.65. The molecule has 6 atom stereocenters. The van der Waals surface area contributed by atoms with Crippen LogP contribution in [0.2, 0.25) is 0 Å². The molecule has 60 heavy (non-hydrogen) atoms. The summed E-state index contributed by atoms with van der Waals surface area (Å²) in [5.74, 6) is 3.42. The monoisotopic (exact) mass is 795 g/mol. The van der Waals surface area contributed by atoms with Gasteiger partial charge in [0, 0.05) is 32.3 Å². The third-order valence-electron chi connectivity index (χ3n) is 17.2. The van der Waals surface area contributed by atoms with Gasteiger partial charge in [-0.25, -0.2) is 0 Å². The summed E-state index contributed by atoms with van der Waals surface area (Å²) in [6.07, 6.45) is 8.23. The zero-order valence-electron chi connectivity index (χ0n) is 35.3. The highest BCUT2D eigenvalue weighted by molar-refractivity contribution is 7.99. The van der Waals surface area contributed by atoms with E-state index in [4.69, 9.17) is 0 Å². The van der Waals surface area contributed by atoms with E-state index in [1.165, 1.54) is 110 Å². The fraction of sp³-hybridized carbons (Fsp3) is 0.310. The molecule has 1 nitrogen and oxygen atoms in total. The normalized spacial score (nSPS) is 27.9. The minimum atomic E-state index is 0.119. The lowest BCUT2D eigenvalue weighted by Crippen LogP contribution is -2.74. The van der Waals surface area contributed by atoms with Gasteiger partial charge in [0.25, 0.3) is 0 Å². The number of anilines is 3. The van der Waals surface area contributed by atoms with Gasteiger partial charge in [0.1, 0.15) is 0 Å². The first-order valence-corrected chi connectivity index (χ1v) is 23.5. The second-order valence-corrected chi connectivity index (χ2v) is 21.9. The lowest BCUT2D eigenvalue weighted by molar-refractivity contribution is -0.235. The lowest BCUT2D eigenvalue weighted by Gasteiger charge is -2.78. The molecule has 4 saturated carbocycles. The van der Waals surface area contributed by atoms with E-state index in [2.05, 4.69) is 184 Å². The number of hydrogen-bond acceptors (Lipinski definition) is 2. The van der Waals surface area contributed by atoms with Crippen molar-refractivity contribution in [2.24, 2.45) is 29.1 Å². The van der Waals surface area contributed by atoms with Crippen molar-refractivity contribution < 1.29 is 0 Å². The predicted molar refractivity (Wildman–Crippen MR) is 251 cm³/mol. The van der Waals surface area contributed by atoms with Crippen LogP contribution in [0, 0.1) is 29.1 Å². The van der Waals surface area contributed by atoms with Crippen molar-refractivity contribution in [3.8, 4) is 22.3 Å². The van der Waals surface area contributed by atoms with Crippen molar-refractivity contribution in [2.45, 2.75) is 92.3 Å². The van der Waals surface area contributed by atoms with Crippen molar-refractivity contribution in [1.82, 2.24) is 0 Å². The zero-order chi connectivity index (χ0) is 40.2. The van der Waals surface area contributed by atoms with Gasteiger partial charge in [0.2, 0.25) is 0 Å². The van der Waals surface area contributed by atoms with Crippen LogP contribution in [0.1, 0.15) is 88.5 Å². The van der Waals surface area contributed by atoms with E-state index in [1.54, 1.807) is 11.1 Å². The molecule has 7 aromatic rings. The van der Waals surface area contributed by atoms with E-state index in [1.807, 2.05) is 11.8 Å². The highest BCUT2D eigenvalue weighted by Gasteiger charge is 2.84. The maximum Gasteiger partial charge on any atom is 0.0467 e. The molecule has 1 aliphatic heterocycles. The van der Waals surface area contributed by atoms with E-state index in [0.717, 1.165) is 23.7 Å². The highest BCUT2D eigenvalue weighted by Crippen LogP contribution is 2.89. The van der Waals surface area contributed by atoms with E-state index < -0.39 is 0 Å². The second-order valence-electron chi connectivity index (χ2n) is 20.8. The second kappa shape index (κ2) is 12.3. The van der Waals surface area contributed by atoms with Crippen LogP contribution in [0.3, 0.4) is 0 Å². The number of rotatable bonds is 5. The summed E-state index contributed by atoms with van der Waals surface area (Å²) in [5.41, 5.74) is 16.1. The minimum absolute atomic E-state index is 0.119. The molecule has 4 fully saturated rings. The van der Waals surface area contributed by atoms with Crippen LogP contribution in [0.25, 0.3) is 33.0 Å². The Hall–Kier alpha value is -5.05. The summed E-state index contributed by atoms with van der Waals surface area (Å²) in [7, 11) is 0. The van der Waals surface area contributed by atoms with Crippen LogP contribution >= 0.6 is 11.8 Å². The maximum atomic E-state index is 2.65. The predicted octanol–water partition coefficient (Wildman–Crippen LogP) is 15.8.